The van der Waals surface area contributed by atoms with Gasteiger partial charge in [0.05, 0.1) is 17.9 Å². The molecule has 0 fully saturated rings. The fourth-order valence-electron chi connectivity index (χ4n) is 3.29. The van der Waals surface area contributed by atoms with E-state index in [0.717, 1.165) is 57.2 Å². The van der Waals surface area contributed by atoms with E-state index in [-0.39, 0.29) is 12.4 Å². The molecule has 0 bridgehead atoms. The van der Waals surface area contributed by atoms with Gasteiger partial charge in [0, 0.05) is 28.2 Å². The number of anilines is 2. The molecule has 0 radical (unpaired) electrons. The van der Waals surface area contributed by atoms with Gasteiger partial charge in [-0.05, 0) is 56.5 Å². The first kappa shape index (κ1) is 22.6. The van der Waals surface area contributed by atoms with Crippen LogP contribution in [-0.2, 0) is 33.6 Å². The smallest absolute Gasteiger partial charge is 0.310 e. The van der Waals surface area contributed by atoms with Gasteiger partial charge in [-0.15, -0.1) is 11.3 Å². The number of carbonyl (C=O) groups is 2. The van der Waals surface area contributed by atoms with E-state index in [1.807, 2.05) is 43.3 Å². The lowest BCUT2D eigenvalue weighted by Crippen LogP contribution is -2.07. The Morgan fingerprint density at radius 2 is 1.90 bits per heavy atom. The van der Waals surface area contributed by atoms with Crippen LogP contribution in [0.15, 0.2) is 36.4 Å². The molecule has 7 heteroatoms. The molecule has 1 aromatic carbocycles. The Morgan fingerprint density at radius 3 is 2.58 bits per heavy atom. The SMILES string of the molecule is CCOC(=O)Cc1ccc(Nc2nc(-c3ccc(CCC=O)s3)nc(C)c2CC)cc1. The molecule has 0 aliphatic rings. The highest BCUT2D eigenvalue weighted by molar-refractivity contribution is 7.15. The molecule has 2 aromatic heterocycles. The number of hydrogen-bond donors (Lipinski definition) is 1. The van der Waals surface area contributed by atoms with Crippen molar-refractivity contribution in [3.8, 4) is 10.7 Å². The second-order valence-corrected chi connectivity index (χ2v) is 8.26. The third kappa shape index (κ3) is 5.98. The predicted molar refractivity (Wildman–Crippen MR) is 124 cm³/mol. The van der Waals surface area contributed by atoms with Crippen molar-refractivity contribution < 1.29 is 14.3 Å². The Hall–Kier alpha value is -3.06. The van der Waals surface area contributed by atoms with Crippen LogP contribution in [0.2, 0.25) is 0 Å². The zero-order valence-electron chi connectivity index (χ0n) is 18.1. The lowest BCUT2D eigenvalue weighted by molar-refractivity contribution is -0.142. The summed E-state index contributed by atoms with van der Waals surface area (Å²) < 4.78 is 5.01. The molecule has 0 aliphatic carbocycles. The van der Waals surface area contributed by atoms with Crippen molar-refractivity contribution in [1.82, 2.24) is 9.97 Å². The average Bonchev–Trinajstić information content (AvgIpc) is 3.23. The van der Waals surface area contributed by atoms with E-state index < -0.39 is 0 Å². The number of carbonyl (C=O) groups excluding carboxylic acids is 2. The number of ether oxygens (including phenoxy) is 1. The van der Waals surface area contributed by atoms with Gasteiger partial charge in [-0.3, -0.25) is 4.79 Å². The number of esters is 1. The molecule has 0 saturated carbocycles. The van der Waals surface area contributed by atoms with Crippen LogP contribution in [0, 0.1) is 6.92 Å². The minimum absolute atomic E-state index is 0.226. The number of benzene rings is 1. The summed E-state index contributed by atoms with van der Waals surface area (Å²) in [6.45, 7) is 6.27. The van der Waals surface area contributed by atoms with Gasteiger partial charge < -0.3 is 14.8 Å². The second-order valence-electron chi connectivity index (χ2n) is 7.09. The third-order valence-electron chi connectivity index (χ3n) is 4.83. The van der Waals surface area contributed by atoms with Crippen molar-refractivity contribution in [2.45, 2.75) is 46.5 Å². The molecule has 3 rings (SSSR count). The summed E-state index contributed by atoms with van der Waals surface area (Å²) in [6, 6.07) is 11.8. The molecule has 162 valence electrons. The quantitative estimate of drug-likeness (QED) is 0.353. The number of aryl methyl sites for hydroxylation is 2. The van der Waals surface area contributed by atoms with Crippen molar-refractivity contribution in [3.63, 3.8) is 0 Å². The highest BCUT2D eigenvalue weighted by atomic mass is 32.1. The maximum Gasteiger partial charge on any atom is 0.310 e. The van der Waals surface area contributed by atoms with E-state index in [2.05, 4.69) is 12.2 Å². The van der Waals surface area contributed by atoms with Crippen LogP contribution in [0.5, 0.6) is 0 Å². The van der Waals surface area contributed by atoms with Crippen molar-refractivity contribution >= 4 is 35.1 Å². The zero-order chi connectivity index (χ0) is 22.2. The molecule has 1 N–H and O–H groups in total. The third-order valence-corrected chi connectivity index (χ3v) is 5.97. The van der Waals surface area contributed by atoms with Crippen LogP contribution in [0.4, 0.5) is 11.5 Å². The average molecular weight is 438 g/mol. The minimum atomic E-state index is -0.226. The molecule has 0 aliphatic heterocycles. The van der Waals surface area contributed by atoms with Gasteiger partial charge in [0.1, 0.15) is 12.1 Å². The number of aromatic nitrogens is 2. The van der Waals surface area contributed by atoms with Crippen molar-refractivity contribution in [2.24, 2.45) is 0 Å². The molecule has 0 amide bonds. The molecule has 6 nitrogen and oxygen atoms in total. The van der Waals surface area contributed by atoms with Crippen LogP contribution >= 0.6 is 11.3 Å². The summed E-state index contributed by atoms with van der Waals surface area (Å²) >= 11 is 1.62. The number of nitrogens with one attached hydrogen (secondary N) is 1. The van der Waals surface area contributed by atoms with E-state index in [1.54, 1.807) is 18.3 Å². The molecule has 31 heavy (non-hydrogen) atoms. The molecule has 0 spiro atoms. The van der Waals surface area contributed by atoms with Gasteiger partial charge in [0.15, 0.2) is 5.82 Å². The standard InChI is InChI=1S/C24H27N3O3S/c1-4-20-16(3)25-24(21-13-12-19(31-21)7-6-14-28)27-23(20)26-18-10-8-17(9-11-18)15-22(29)30-5-2/h8-14H,4-7,15H2,1-3H3,(H,25,26,27). The van der Waals surface area contributed by atoms with Gasteiger partial charge in [-0.1, -0.05) is 19.1 Å². The lowest BCUT2D eigenvalue weighted by Gasteiger charge is -2.14. The first-order chi connectivity index (χ1) is 15.0. The monoisotopic (exact) mass is 437 g/mol. The molecule has 0 saturated heterocycles. The molecule has 0 unspecified atom stereocenters. The molecule has 3 aromatic rings. The van der Waals surface area contributed by atoms with Crippen LogP contribution in [0.3, 0.4) is 0 Å². The summed E-state index contributed by atoms with van der Waals surface area (Å²) in [4.78, 5) is 34.0. The topological polar surface area (TPSA) is 81.2 Å². The van der Waals surface area contributed by atoms with Crippen molar-refractivity contribution in [3.05, 3.63) is 58.1 Å². The highest BCUT2D eigenvalue weighted by Gasteiger charge is 2.14. The maximum atomic E-state index is 11.7. The lowest BCUT2D eigenvalue weighted by atomic mass is 10.1. The second kappa shape index (κ2) is 10.8. The van der Waals surface area contributed by atoms with Crippen LogP contribution in [0.1, 0.15) is 42.0 Å². The first-order valence-corrected chi connectivity index (χ1v) is 11.3. The van der Waals surface area contributed by atoms with Crippen LogP contribution < -0.4 is 5.32 Å². The highest BCUT2D eigenvalue weighted by Crippen LogP contribution is 2.30. The maximum absolute atomic E-state index is 11.7. The Kier molecular flexibility index (Phi) is 7.89. The number of aldehydes is 1. The predicted octanol–water partition coefficient (Wildman–Crippen LogP) is 5.06. The van der Waals surface area contributed by atoms with Gasteiger partial charge in [0.2, 0.25) is 0 Å². The molecular formula is C24H27N3O3S. The van der Waals surface area contributed by atoms with Crippen molar-refractivity contribution in [1.29, 1.82) is 0 Å². The minimum Gasteiger partial charge on any atom is -0.466 e. The van der Waals surface area contributed by atoms with Gasteiger partial charge >= 0.3 is 5.97 Å². The fraction of sp³-hybridized carbons (Fsp3) is 0.333. The van der Waals surface area contributed by atoms with Gasteiger partial charge in [-0.2, -0.15) is 0 Å². The summed E-state index contributed by atoms with van der Waals surface area (Å²) in [5, 5.41) is 3.41. The van der Waals surface area contributed by atoms with Crippen LogP contribution in [-0.4, -0.2) is 28.8 Å². The van der Waals surface area contributed by atoms with Gasteiger partial charge in [0.25, 0.3) is 0 Å². The van der Waals surface area contributed by atoms with Gasteiger partial charge in [-0.25, -0.2) is 9.97 Å². The normalized spacial score (nSPS) is 10.7. The Bertz CT molecular complexity index is 1040. The summed E-state index contributed by atoms with van der Waals surface area (Å²) in [7, 11) is 0. The summed E-state index contributed by atoms with van der Waals surface area (Å²) in [5.74, 6) is 1.24. The summed E-state index contributed by atoms with van der Waals surface area (Å²) in [6.07, 6.45) is 3.27. The Balaban J connectivity index is 1.82. The van der Waals surface area contributed by atoms with Crippen molar-refractivity contribution in [2.75, 3.05) is 11.9 Å². The largest absolute Gasteiger partial charge is 0.466 e. The Morgan fingerprint density at radius 1 is 1.13 bits per heavy atom. The summed E-state index contributed by atoms with van der Waals surface area (Å²) in [5.41, 5.74) is 3.80. The zero-order valence-corrected chi connectivity index (χ0v) is 18.9. The molecular weight excluding hydrogens is 410 g/mol. The molecule has 0 atom stereocenters. The fourth-order valence-corrected chi connectivity index (χ4v) is 4.25. The molecule has 2 heterocycles. The van der Waals surface area contributed by atoms with E-state index in [9.17, 15) is 9.59 Å². The van der Waals surface area contributed by atoms with E-state index >= 15 is 0 Å². The van der Waals surface area contributed by atoms with E-state index in [0.29, 0.717) is 18.9 Å². The Labute approximate surface area is 186 Å². The number of hydrogen-bond acceptors (Lipinski definition) is 7. The number of rotatable bonds is 10. The van der Waals surface area contributed by atoms with E-state index in [4.69, 9.17) is 14.7 Å². The van der Waals surface area contributed by atoms with Crippen LogP contribution in [0.25, 0.3) is 10.7 Å². The van der Waals surface area contributed by atoms with E-state index in [1.165, 1.54) is 0 Å². The first-order valence-electron chi connectivity index (χ1n) is 10.5. The number of thiophene rings is 1. The number of nitrogens with zero attached hydrogens (tertiary/aromatic N) is 2.